The summed E-state index contributed by atoms with van der Waals surface area (Å²) in [6.07, 6.45) is 8.71. The summed E-state index contributed by atoms with van der Waals surface area (Å²) >= 11 is 0. The van der Waals surface area contributed by atoms with Crippen molar-refractivity contribution in [3.05, 3.63) is 60.0 Å². The van der Waals surface area contributed by atoms with Crippen LogP contribution in [0.25, 0.3) is 0 Å². The van der Waals surface area contributed by atoms with Gasteiger partial charge in [0.15, 0.2) is 0 Å². The van der Waals surface area contributed by atoms with Gasteiger partial charge in [-0.15, -0.1) is 0 Å². The molecule has 3 aromatic rings. The molecule has 5 heterocycles. The third-order valence-electron chi connectivity index (χ3n) is 9.57. The average molecular weight is 625 g/mol. The molecule has 1 unspecified atom stereocenters. The fraction of sp³-hybridized carbons (Fsp3) is 0.531. The molecule has 0 radical (unpaired) electrons. The van der Waals surface area contributed by atoms with E-state index < -0.39 is 22.2 Å². The summed E-state index contributed by atoms with van der Waals surface area (Å²) in [6.45, 7) is 7.14. The van der Waals surface area contributed by atoms with Crippen LogP contribution in [-0.4, -0.2) is 86.3 Å². The van der Waals surface area contributed by atoms with E-state index in [1.165, 1.54) is 29.9 Å². The SMILES string of the molecule is COc1cc(C)c(S(=O)(=O)N2C[C@H](F)CC2COc2nccc(N3CCC4(CCN(c5ccncc5)CC4)CC3)n2)c(C)c1. The lowest BCUT2D eigenvalue weighted by molar-refractivity contribution is 0.166. The van der Waals surface area contributed by atoms with Crippen molar-refractivity contribution in [2.24, 2.45) is 5.41 Å². The topological polar surface area (TPSA) is 101 Å². The molecule has 2 aromatic heterocycles. The van der Waals surface area contributed by atoms with Gasteiger partial charge in [-0.3, -0.25) is 4.98 Å². The number of methoxy groups -OCH3 is 1. The second kappa shape index (κ2) is 12.5. The van der Waals surface area contributed by atoms with Gasteiger partial charge in [-0.25, -0.2) is 17.8 Å². The van der Waals surface area contributed by atoms with Crippen LogP contribution in [0.15, 0.2) is 53.8 Å². The molecule has 0 amide bonds. The molecule has 10 nitrogen and oxygen atoms in total. The monoisotopic (exact) mass is 624 g/mol. The van der Waals surface area contributed by atoms with Crippen molar-refractivity contribution in [1.29, 1.82) is 0 Å². The summed E-state index contributed by atoms with van der Waals surface area (Å²) in [5.74, 6) is 1.37. The number of rotatable bonds is 8. The first-order valence-electron chi connectivity index (χ1n) is 15.3. The van der Waals surface area contributed by atoms with Crippen LogP contribution in [0.4, 0.5) is 15.9 Å². The quantitative estimate of drug-likeness (QED) is 0.357. The largest absolute Gasteiger partial charge is 0.497 e. The number of aryl methyl sites for hydroxylation is 2. The first kappa shape index (κ1) is 30.5. The Balaban J connectivity index is 1.07. The number of hydrogen-bond acceptors (Lipinski definition) is 9. The minimum Gasteiger partial charge on any atom is -0.497 e. The van der Waals surface area contributed by atoms with Crippen molar-refractivity contribution in [3.63, 3.8) is 0 Å². The highest BCUT2D eigenvalue weighted by molar-refractivity contribution is 7.89. The van der Waals surface area contributed by atoms with Gasteiger partial charge in [-0.1, -0.05) is 0 Å². The number of alkyl halides is 1. The van der Waals surface area contributed by atoms with Crippen molar-refractivity contribution in [2.45, 2.75) is 63.1 Å². The fourth-order valence-corrected chi connectivity index (χ4v) is 9.15. The van der Waals surface area contributed by atoms with Crippen LogP contribution >= 0.6 is 0 Å². The van der Waals surface area contributed by atoms with Gasteiger partial charge >= 0.3 is 6.01 Å². The third-order valence-corrected chi connectivity index (χ3v) is 11.8. The van der Waals surface area contributed by atoms with E-state index in [4.69, 9.17) is 9.47 Å². The minimum absolute atomic E-state index is 0.0333. The Bertz CT molecular complexity index is 1530. The Kier molecular flexibility index (Phi) is 8.65. The maximum atomic E-state index is 14.7. The third kappa shape index (κ3) is 6.19. The summed E-state index contributed by atoms with van der Waals surface area (Å²) in [5.41, 5.74) is 2.71. The molecule has 3 aliphatic heterocycles. The van der Waals surface area contributed by atoms with Crippen LogP contribution < -0.4 is 19.3 Å². The molecule has 12 heteroatoms. The zero-order chi connectivity index (χ0) is 30.9. The summed E-state index contributed by atoms with van der Waals surface area (Å²) in [7, 11) is -2.43. The number of aromatic nitrogens is 3. The van der Waals surface area contributed by atoms with Crippen molar-refractivity contribution in [2.75, 3.05) is 56.2 Å². The maximum absolute atomic E-state index is 14.7. The molecule has 3 saturated heterocycles. The smallest absolute Gasteiger partial charge is 0.318 e. The molecule has 3 aliphatic rings. The Morgan fingerprint density at radius 1 is 0.955 bits per heavy atom. The lowest BCUT2D eigenvalue weighted by Gasteiger charge is -2.47. The van der Waals surface area contributed by atoms with Gasteiger partial charge in [0.1, 0.15) is 24.3 Å². The summed E-state index contributed by atoms with van der Waals surface area (Å²) < 4.78 is 54.6. The normalized spacial score (nSPS) is 22.4. The summed E-state index contributed by atoms with van der Waals surface area (Å²) in [6, 6.07) is 8.91. The molecule has 0 aliphatic carbocycles. The van der Waals surface area contributed by atoms with E-state index in [2.05, 4.69) is 36.9 Å². The predicted octanol–water partition coefficient (Wildman–Crippen LogP) is 4.56. The molecule has 44 heavy (non-hydrogen) atoms. The van der Waals surface area contributed by atoms with E-state index in [0.29, 0.717) is 22.3 Å². The number of piperidine rings is 2. The highest BCUT2D eigenvalue weighted by Gasteiger charge is 2.42. The molecule has 1 aromatic carbocycles. The molecule has 3 fully saturated rings. The number of hydrogen-bond donors (Lipinski definition) is 0. The summed E-state index contributed by atoms with van der Waals surface area (Å²) in [5, 5.41) is 0. The zero-order valence-corrected chi connectivity index (χ0v) is 26.5. The van der Waals surface area contributed by atoms with E-state index in [-0.39, 0.29) is 30.5 Å². The highest BCUT2D eigenvalue weighted by atomic mass is 32.2. The number of sulfonamides is 1. The van der Waals surface area contributed by atoms with Gasteiger partial charge in [0.05, 0.1) is 18.0 Å². The molecule has 1 spiro atoms. The van der Waals surface area contributed by atoms with Crippen molar-refractivity contribution in [3.8, 4) is 11.8 Å². The zero-order valence-electron chi connectivity index (χ0n) is 25.7. The number of halogens is 1. The first-order chi connectivity index (χ1) is 21.2. The Labute approximate surface area is 259 Å². The first-order valence-corrected chi connectivity index (χ1v) is 16.8. The fourth-order valence-electron chi connectivity index (χ4n) is 7.08. The van der Waals surface area contributed by atoms with E-state index in [1.54, 1.807) is 32.2 Å². The lowest BCUT2D eigenvalue weighted by atomic mass is 9.71. The molecular weight excluding hydrogens is 583 g/mol. The molecule has 0 bridgehead atoms. The predicted molar refractivity (Wildman–Crippen MR) is 167 cm³/mol. The van der Waals surface area contributed by atoms with E-state index in [0.717, 1.165) is 44.8 Å². The van der Waals surface area contributed by atoms with Crippen LogP contribution in [0.3, 0.4) is 0 Å². The number of ether oxygens (including phenoxy) is 2. The van der Waals surface area contributed by atoms with Crippen LogP contribution in [-0.2, 0) is 10.0 Å². The van der Waals surface area contributed by atoms with E-state index in [1.807, 2.05) is 18.5 Å². The van der Waals surface area contributed by atoms with Gasteiger partial charge in [0.2, 0.25) is 10.0 Å². The van der Waals surface area contributed by atoms with Gasteiger partial charge in [0, 0.05) is 57.0 Å². The number of pyridine rings is 1. The number of anilines is 2. The Morgan fingerprint density at radius 3 is 2.23 bits per heavy atom. The van der Waals surface area contributed by atoms with Crippen molar-refractivity contribution in [1.82, 2.24) is 19.3 Å². The van der Waals surface area contributed by atoms with Gasteiger partial charge in [0.25, 0.3) is 0 Å². The standard InChI is InChI=1S/C32H41FN6O4S/c1-23-18-28(42-3)19-24(2)30(23)44(40,41)39-21-25(33)20-27(39)22-43-31-35-13-6-29(36-31)38-16-9-32(10-17-38)7-14-37(15-8-32)26-4-11-34-12-5-26/h4-6,11-13,18-19,25,27H,7-10,14-17,20-22H2,1-3H3/t25-,27?/m1/s1. The molecule has 2 atom stereocenters. The second-order valence-electron chi connectivity index (χ2n) is 12.3. The second-order valence-corrected chi connectivity index (χ2v) is 14.2. The van der Waals surface area contributed by atoms with Gasteiger partial charge in [-0.2, -0.15) is 9.29 Å². The lowest BCUT2D eigenvalue weighted by Crippen LogP contribution is -2.47. The van der Waals surface area contributed by atoms with E-state index in [9.17, 15) is 12.8 Å². The highest BCUT2D eigenvalue weighted by Crippen LogP contribution is 2.43. The molecular formula is C32H41FN6O4S. The van der Waals surface area contributed by atoms with E-state index >= 15 is 0 Å². The van der Waals surface area contributed by atoms with Crippen molar-refractivity contribution < 1.29 is 22.3 Å². The molecule has 0 saturated carbocycles. The van der Waals surface area contributed by atoms with Crippen molar-refractivity contribution >= 4 is 21.5 Å². The van der Waals surface area contributed by atoms with Crippen LogP contribution in [0.2, 0.25) is 0 Å². The Morgan fingerprint density at radius 2 is 1.59 bits per heavy atom. The van der Waals surface area contributed by atoms with Gasteiger partial charge < -0.3 is 19.3 Å². The maximum Gasteiger partial charge on any atom is 0.318 e. The van der Waals surface area contributed by atoms with Crippen LogP contribution in [0.5, 0.6) is 11.8 Å². The van der Waals surface area contributed by atoms with Crippen LogP contribution in [0, 0.1) is 19.3 Å². The number of nitrogens with zero attached hydrogens (tertiary/aromatic N) is 6. The summed E-state index contributed by atoms with van der Waals surface area (Å²) in [4.78, 5) is 18.0. The molecule has 0 N–H and O–H groups in total. The Hall–Kier alpha value is -3.51. The molecule has 6 rings (SSSR count). The van der Waals surface area contributed by atoms with Crippen LogP contribution in [0.1, 0.15) is 43.2 Å². The van der Waals surface area contributed by atoms with Gasteiger partial charge in [-0.05, 0) is 92.8 Å². The average Bonchev–Trinajstić information content (AvgIpc) is 3.42. The minimum atomic E-state index is -3.97. The number of benzene rings is 1. The molecule has 236 valence electrons.